The zero-order chi connectivity index (χ0) is 22.9. The molecule has 1 aliphatic rings. The van der Waals surface area contributed by atoms with E-state index in [-0.39, 0.29) is 11.6 Å². The number of nitrogens with one attached hydrogen (secondary N) is 1. The number of methoxy groups -OCH3 is 1. The van der Waals surface area contributed by atoms with Gasteiger partial charge in [0.25, 0.3) is 5.91 Å². The Morgan fingerprint density at radius 1 is 1.24 bits per heavy atom. The minimum Gasteiger partial charge on any atom is -0.467 e. The summed E-state index contributed by atoms with van der Waals surface area (Å²) in [6, 6.07) is 12.8. The maximum absolute atomic E-state index is 13.4. The molecule has 1 atom stereocenters. The standard InChI is InChI=1S/C23H19FN4O4S/c1-31-22(30)18-6-3-9-28(18)21(29)19-12-17(27-32-19)13-4-2-5-15(10-13)25-23-26-16-8-7-14(24)11-20(16)33-23/h2,4-5,7-8,10-12,18H,3,6,9H2,1H3,(H,25,26). The molecule has 1 unspecified atom stereocenters. The zero-order valence-corrected chi connectivity index (χ0v) is 18.4. The summed E-state index contributed by atoms with van der Waals surface area (Å²) >= 11 is 1.35. The molecule has 168 valence electrons. The Morgan fingerprint density at radius 2 is 2.12 bits per heavy atom. The molecule has 1 N–H and O–H groups in total. The lowest BCUT2D eigenvalue weighted by molar-refractivity contribution is -0.145. The van der Waals surface area contributed by atoms with Crippen molar-refractivity contribution in [3.8, 4) is 11.3 Å². The highest BCUT2D eigenvalue weighted by molar-refractivity contribution is 7.22. The number of amides is 1. The third-order valence-electron chi connectivity index (χ3n) is 5.47. The van der Waals surface area contributed by atoms with Crippen LogP contribution in [-0.2, 0) is 9.53 Å². The van der Waals surface area contributed by atoms with Crippen LogP contribution in [0.25, 0.3) is 21.5 Å². The van der Waals surface area contributed by atoms with Gasteiger partial charge in [0.1, 0.15) is 17.6 Å². The molecule has 0 aliphatic carbocycles. The second kappa shape index (κ2) is 8.62. The van der Waals surface area contributed by atoms with Gasteiger partial charge in [-0.2, -0.15) is 0 Å². The molecule has 2 aromatic carbocycles. The lowest BCUT2D eigenvalue weighted by Gasteiger charge is -2.20. The molecule has 33 heavy (non-hydrogen) atoms. The molecule has 3 heterocycles. The fourth-order valence-corrected chi connectivity index (χ4v) is 4.79. The van der Waals surface area contributed by atoms with Gasteiger partial charge in [0.05, 0.1) is 17.3 Å². The Balaban J connectivity index is 1.35. The number of nitrogens with zero attached hydrogens (tertiary/aromatic N) is 3. The van der Waals surface area contributed by atoms with Crippen molar-refractivity contribution in [2.24, 2.45) is 0 Å². The van der Waals surface area contributed by atoms with E-state index in [0.717, 1.165) is 22.4 Å². The Morgan fingerprint density at radius 3 is 2.97 bits per heavy atom. The first-order chi connectivity index (χ1) is 16.0. The van der Waals surface area contributed by atoms with E-state index in [4.69, 9.17) is 9.26 Å². The number of hydrogen-bond acceptors (Lipinski definition) is 8. The molecule has 10 heteroatoms. The van der Waals surface area contributed by atoms with E-state index >= 15 is 0 Å². The normalized spacial score (nSPS) is 15.7. The van der Waals surface area contributed by atoms with Gasteiger partial charge in [-0.05, 0) is 43.2 Å². The molecule has 8 nitrogen and oxygen atoms in total. The number of halogens is 1. The molecule has 0 spiro atoms. The fraction of sp³-hybridized carbons (Fsp3) is 0.217. The van der Waals surface area contributed by atoms with Crippen LogP contribution in [0.15, 0.2) is 53.1 Å². The molecule has 2 aromatic heterocycles. The maximum Gasteiger partial charge on any atom is 0.328 e. The molecule has 4 aromatic rings. The molecule has 1 fully saturated rings. The Hall–Kier alpha value is -3.79. The SMILES string of the molecule is COC(=O)C1CCCN1C(=O)c1cc(-c2cccc(Nc3nc4ccc(F)cc4s3)c2)no1. The van der Waals surface area contributed by atoms with Crippen molar-refractivity contribution < 1.29 is 23.2 Å². The molecule has 0 saturated carbocycles. The van der Waals surface area contributed by atoms with Crippen molar-refractivity contribution in [1.82, 2.24) is 15.0 Å². The van der Waals surface area contributed by atoms with E-state index in [1.807, 2.05) is 24.3 Å². The van der Waals surface area contributed by atoms with Crippen LogP contribution in [0.2, 0.25) is 0 Å². The predicted molar refractivity (Wildman–Crippen MR) is 121 cm³/mol. The third-order valence-corrected chi connectivity index (χ3v) is 6.40. The van der Waals surface area contributed by atoms with Gasteiger partial charge in [-0.25, -0.2) is 14.2 Å². The van der Waals surface area contributed by atoms with Crippen LogP contribution in [0.1, 0.15) is 23.4 Å². The number of hydrogen-bond donors (Lipinski definition) is 1. The summed E-state index contributed by atoms with van der Waals surface area (Å²) in [5, 5.41) is 7.89. The molecule has 0 radical (unpaired) electrons. The topological polar surface area (TPSA) is 97.6 Å². The molecule has 1 aliphatic heterocycles. The number of ether oxygens (including phenoxy) is 1. The Bertz CT molecular complexity index is 1350. The van der Waals surface area contributed by atoms with Gasteiger partial charge in [-0.3, -0.25) is 4.79 Å². The van der Waals surface area contributed by atoms with Gasteiger partial charge in [0.2, 0.25) is 5.76 Å². The summed E-state index contributed by atoms with van der Waals surface area (Å²) in [4.78, 5) is 30.8. The number of anilines is 2. The average molecular weight is 466 g/mol. The van der Waals surface area contributed by atoms with E-state index in [1.165, 1.54) is 35.5 Å². The molecular formula is C23H19FN4O4S. The van der Waals surface area contributed by atoms with Crippen LogP contribution in [0.4, 0.5) is 15.2 Å². The van der Waals surface area contributed by atoms with E-state index in [9.17, 15) is 14.0 Å². The second-order valence-corrected chi connectivity index (χ2v) is 8.62. The van der Waals surface area contributed by atoms with Gasteiger partial charge in [-0.15, -0.1) is 0 Å². The quantitative estimate of drug-likeness (QED) is 0.429. The summed E-state index contributed by atoms with van der Waals surface area (Å²) in [7, 11) is 1.31. The molecule has 5 rings (SSSR count). The largest absolute Gasteiger partial charge is 0.467 e. The van der Waals surface area contributed by atoms with Crippen LogP contribution in [0.3, 0.4) is 0 Å². The van der Waals surface area contributed by atoms with E-state index in [1.54, 1.807) is 12.1 Å². The Kier molecular flexibility index (Phi) is 5.51. The van der Waals surface area contributed by atoms with Gasteiger partial charge in [0.15, 0.2) is 5.13 Å². The number of rotatable bonds is 5. The number of likely N-dealkylation sites (tertiary alicyclic amines) is 1. The van der Waals surface area contributed by atoms with E-state index in [0.29, 0.717) is 29.3 Å². The Labute approximate surface area is 192 Å². The lowest BCUT2D eigenvalue weighted by Crippen LogP contribution is -2.40. The van der Waals surface area contributed by atoms with E-state index in [2.05, 4.69) is 15.5 Å². The number of fused-ring (bicyclic) bond motifs is 1. The predicted octanol–water partition coefficient (Wildman–Crippen LogP) is 4.61. The van der Waals surface area contributed by atoms with Crippen LogP contribution < -0.4 is 5.32 Å². The number of benzene rings is 2. The number of aromatic nitrogens is 2. The summed E-state index contributed by atoms with van der Waals surface area (Å²) in [6.45, 7) is 0.458. The number of carbonyl (C=O) groups excluding carboxylic acids is 2. The smallest absolute Gasteiger partial charge is 0.328 e. The van der Waals surface area contributed by atoms with Gasteiger partial charge < -0.3 is 19.5 Å². The van der Waals surface area contributed by atoms with Crippen molar-refractivity contribution in [3.63, 3.8) is 0 Å². The molecule has 1 amide bonds. The third kappa shape index (κ3) is 4.17. The van der Waals surface area contributed by atoms with Gasteiger partial charge in [0, 0.05) is 23.9 Å². The highest BCUT2D eigenvalue weighted by Crippen LogP contribution is 2.31. The summed E-state index contributed by atoms with van der Waals surface area (Å²) in [5.74, 6) is -1.06. The molecule has 0 bridgehead atoms. The average Bonchev–Trinajstić information content (AvgIpc) is 3.57. The summed E-state index contributed by atoms with van der Waals surface area (Å²) in [6.07, 6.45) is 1.28. The van der Waals surface area contributed by atoms with Crippen LogP contribution in [0, 0.1) is 5.82 Å². The monoisotopic (exact) mass is 466 g/mol. The first-order valence-electron chi connectivity index (χ1n) is 10.3. The number of carbonyl (C=O) groups is 2. The van der Waals surface area contributed by atoms with Crippen molar-refractivity contribution in [2.45, 2.75) is 18.9 Å². The van der Waals surface area contributed by atoms with Crippen LogP contribution in [-0.4, -0.2) is 46.6 Å². The fourth-order valence-electron chi connectivity index (χ4n) is 3.88. The second-order valence-electron chi connectivity index (χ2n) is 7.59. The minimum atomic E-state index is -0.606. The van der Waals surface area contributed by atoms with Crippen molar-refractivity contribution in [2.75, 3.05) is 19.0 Å². The highest BCUT2D eigenvalue weighted by Gasteiger charge is 2.36. The first-order valence-corrected chi connectivity index (χ1v) is 11.1. The summed E-state index contributed by atoms with van der Waals surface area (Å²) < 4.78 is 24.3. The first kappa shape index (κ1) is 21.1. The lowest BCUT2D eigenvalue weighted by atomic mass is 10.1. The van der Waals surface area contributed by atoms with Crippen LogP contribution in [0.5, 0.6) is 0 Å². The van der Waals surface area contributed by atoms with E-state index < -0.39 is 17.9 Å². The minimum absolute atomic E-state index is 0.0624. The number of thiazole rings is 1. The van der Waals surface area contributed by atoms with Crippen molar-refractivity contribution >= 4 is 44.2 Å². The molecule has 1 saturated heterocycles. The van der Waals surface area contributed by atoms with Gasteiger partial charge in [-0.1, -0.05) is 28.6 Å². The molecular weight excluding hydrogens is 447 g/mol. The van der Waals surface area contributed by atoms with Crippen molar-refractivity contribution in [3.05, 3.63) is 60.1 Å². The summed E-state index contributed by atoms with van der Waals surface area (Å²) in [5.41, 5.74) is 2.70. The van der Waals surface area contributed by atoms with Crippen molar-refractivity contribution in [1.29, 1.82) is 0 Å². The highest BCUT2D eigenvalue weighted by atomic mass is 32.1. The van der Waals surface area contributed by atoms with Crippen LogP contribution >= 0.6 is 11.3 Å². The zero-order valence-electron chi connectivity index (χ0n) is 17.6. The van der Waals surface area contributed by atoms with Gasteiger partial charge >= 0.3 is 5.97 Å². The number of esters is 1. The maximum atomic E-state index is 13.4.